The molecule has 0 aliphatic heterocycles. The zero-order valence-electron chi connectivity index (χ0n) is 10.9. The smallest absolute Gasteiger partial charge is 0.252 e. The molecule has 1 aliphatic rings. The molecule has 0 heterocycles. The lowest BCUT2D eigenvalue weighted by atomic mass is 10.1. The Morgan fingerprint density at radius 1 is 1.30 bits per heavy atom. The van der Waals surface area contributed by atoms with E-state index in [1.54, 1.807) is 6.92 Å². The molecule has 0 bridgehead atoms. The van der Waals surface area contributed by atoms with Crippen molar-refractivity contribution in [2.24, 2.45) is 0 Å². The lowest BCUT2D eigenvalue weighted by Gasteiger charge is -2.14. The summed E-state index contributed by atoms with van der Waals surface area (Å²) in [5.41, 5.74) is 6.09. The van der Waals surface area contributed by atoms with Crippen LogP contribution in [0.15, 0.2) is 12.1 Å². The van der Waals surface area contributed by atoms with E-state index in [0.29, 0.717) is 0 Å². The van der Waals surface area contributed by atoms with Gasteiger partial charge in [-0.15, -0.1) is 0 Å². The number of carbonyl (C=O) groups is 2. The molecule has 1 saturated carbocycles. The van der Waals surface area contributed by atoms with Crippen molar-refractivity contribution in [3.63, 3.8) is 0 Å². The highest BCUT2D eigenvalue weighted by Gasteiger charge is 2.26. The summed E-state index contributed by atoms with van der Waals surface area (Å²) in [7, 11) is 0. The monoisotopic (exact) mass is 315 g/mol. The van der Waals surface area contributed by atoms with Crippen molar-refractivity contribution in [2.75, 3.05) is 5.73 Å². The summed E-state index contributed by atoms with van der Waals surface area (Å²) in [6.07, 6.45) is 1.99. The fraction of sp³-hybridized carbons (Fsp3) is 0.385. The minimum atomic E-state index is -0.627. The topological polar surface area (TPSA) is 84.2 Å². The van der Waals surface area contributed by atoms with Crippen LogP contribution in [0.5, 0.6) is 0 Å². The highest BCUT2D eigenvalue weighted by atomic mass is 35.5. The van der Waals surface area contributed by atoms with Crippen LogP contribution in [0.3, 0.4) is 0 Å². The Morgan fingerprint density at radius 2 is 1.85 bits per heavy atom. The number of halogens is 2. The molecule has 1 atom stereocenters. The van der Waals surface area contributed by atoms with Crippen molar-refractivity contribution in [3.8, 4) is 0 Å². The van der Waals surface area contributed by atoms with Crippen molar-refractivity contribution in [1.82, 2.24) is 10.6 Å². The molecule has 20 heavy (non-hydrogen) atoms. The summed E-state index contributed by atoms with van der Waals surface area (Å²) < 4.78 is 0. The van der Waals surface area contributed by atoms with Crippen LogP contribution >= 0.6 is 23.2 Å². The molecule has 1 aliphatic carbocycles. The van der Waals surface area contributed by atoms with Gasteiger partial charge < -0.3 is 16.4 Å². The molecule has 5 nitrogen and oxygen atoms in total. The minimum absolute atomic E-state index is 0.200. The third-order valence-corrected chi connectivity index (χ3v) is 3.63. The van der Waals surface area contributed by atoms with Gasteiger partial charge in [-0.2, -0.15) is 0 Å². The number of benzene rings is 1. The average Bonchev–Trinajstić information content (AvgIpc) is 3.18. The number of hydrogen-bond donors (Lipinski definition) is 3. The third-order valence-electron chi connectivity index (χ3n) is 3.01. The van der Waals surface area contributed by atoms with Crippen molar-refractivity contribution in [3.05, 3.63) is 27.7 Å². The fourth-order valence-electron chi connectivity index (χ4n) is 1.61. The number of nitrogens with one attached hydrogen (secondary N) is 2. The first-order chi connectivity index (χ1) is 9.38. The largest absolute Gasteiger partial charge is 0.396 e. The highest BCUT2D eigenvalue weighted by molar-refractivity contribution is 6.39. The Labute approximate surface area is 126 Å². The van der Waals surface area contributed by atoms with E-state index < -0.39 is 11.9 Å². The van der Waals surface area contributed by atoms with Gasteiger partial charge in [0.15, 0.2) is 0 Å². The van der Waals surface area contributed by atoms with Gasteiger partial charge in [0.2, 0.25) is 5.91 Å². The number of nitrogen functional groups attached to an aromatic ring is 1. The second kappa shape index (κ2) is 5.89. The first-order valence-corrected chi connectivity index (χ1v) is 7.00. The Hall–Kier alpha value is -1.46. The SMILES string of the molecule is CC(NC(=O)c1cc(Cl)c(N)c(Cl)c1)C(=O)NC1CC1. The zero-order valence-corrected chi connectivity index (χ0v) is 12.4. The van der Waals surface area contributed by atoms with E-state index in [2.05, 4.69) is 10.6 Å². The second-order valence-electron chi connectivity index (χ2n) is 4.83. The van der Waals surface area contributed by atoms with Crippen molar-refractivity contribution < 1.29 is 9.59 Å². The summed E-state index contributed by atoms with van der Waals surface area (Å²) >= 11 is 11.7. The van der Waals surface area contributed by atoms with Crippen LogP contribution in [0.1, 0.15) is 30.1 Å². The summed E-state index contributed by atoms with van der Waals surface area (Å²) in [6, 6.07) is 2.47. The number of amides is 2. The van der Waals surface area contributed by atoms with Crippen LogP contribution in [-0.4, -0.2) is 23.9 Å². The van der Waals surface area contributed by atoms with Gasteiger partial charge >= 0.3 is 0 Å². The molecule has 1 unspecified atom stereocenters. The zero-order chi connectivity index (χ0) is 14.9. The number of nitrogens with two attached hydrogens (primary N) is 1. The van der Waals surface area contributed by atoms with Crippen molar-refractivity contribution in [2.45, 2.75) is 31.8 Å². The second-order valence-corrected chi connectivity index (χ2v) is 5.65. The van der Waals surface area contributed by atoms with Crippen LogP contribution in [0, 0.1) is 0 Å². The summed E-state index contributed by atoms with van der Waals surface area (Å²) in [6.45, 7) is 1.62. The molecule has 0 spiro atoms. The van der Waals surface area contributed by atoms with Gasteiger partial charge in [-0.1, -0.05) is 23.2 Å². The first-order valence-electron chi connectivity index (χ1n) is 6.24. The molecule has 2 amide bonds. The van der Waals surface area contributed by atoms with E-state index in [1.165, 1.54) is 12.1 Å². The van der Waals surface area contributed by atoms with E-state index in [1.807, 2.05) is 0 Å². The van der Waals surface area contributed by atoms with Crippen molar-refractivity contribution >= 4 is 40.7 Å². The van der Waals surface area contributed by atoms with E-state index in [0.717, 1.165) is 12.8 Å². The summed E-state index contributed by atoms with van der Waals surface area (Å²) in [5.74, 6) is -0.624. The quantitative estimate of drug-likeness (QED) is 0.743. The van der Waals surface area contributed by atoms with Crippen LogP contribution in [0.4, 0.5) is 5.69 Å². The van der Waals surface area contributed by atoms with Gasteiger partial charge in [-0.3, -0.25) is 9.59 Å². The number of hydrogen-bond acceptors (Lipinski definition) is 3. The average molecular weight is 316 g/mol. The van der Waals surface area contributed by atoms with E-state index in [9.17, 15) is 9.59 Å². The predicted molar refractivity (Wildman–Crippen MR) is 79.0 cm³/mol. The molecule has 1 aromatic carbocycles. The van der Waals surface area contributed by atoms with Gasteiger partial charge in [-0.05, 0) is 31.9 Å². The maximum atomic E-state index is 12.0. The number of rotatable bonds is 4. The maximum Gasteiger partial charge on any atom is 0.252 e. The van der Waals surface area contributed by atoms with Crippen molar-refractivity contribution in [1.29, 1.82) is 0 Å². The maximum absolute atomic E-state index is 12.0. The van der Waals surface area contributed by atoms with E-state index in [4.69, 9.17) is 28.9 Å². The standard InChI is InChI=1S/C13H15Cl2N3O2/c1-6(12(19)18-8-2-3-8)17-13(20)7-4-9(14)11(16)10(15)5-7/h4-6,8H,2-3,16H2,1H3,(H,17,20)(H,18,19). The van der Waals surface area contributed by atoms with Gasteiger partial charge in [0, 0.05) is 11.6 Å². The minimum Gasteiger partial charge on any atom is -0.396 e. The number of carbonyl (C=O) groups excluding carboxylic acids is 2. The molecule has 0 radical (unpaired) electrons. The van der Waals surface area contributed by atoms with Gasteiger partial charge in [-0.25, -0.2) is 0 Å². The molecule has 7 heteroatoms. The fourth-order valence-corrected chi connectivity index (χ4v) is 2.10. The van der Waals surface area contributed by atoms with Crippen LogP contribution in [0.2, 0.25) is 10.0 Å². The Balaban J connectivity index is 2.01. The van der Waals surface area contributed by atoms with Gasteiger partial charge in [0.05, 0.1) is 15.7 Å². The van der Waals surface area contributed by atoms with E-state index in [-0.39, 0.29) is 33.2 Å². The molecule has 0 saturated heterocycles. The molecule has 1 fully saturated rings. The molecule has 0 aromatic heterocycles. The molecule has 1 aromatic rings. The van der Waals surface area contributed by atoms with Crippen LogP contribution in [-0.2, 0) is 4.79 Å². The van der Waals surface area contributed by atoms with Gasteiger partial charge in [0.25, 0.3) is 5.91 Å². The highest BCUT2D eigenvalue weighted by Crippen LogP contribution is 2.28. The first kappa shape index (κ1) is 14.9. The van der Waals surface area contributed by atoms with Crippen LogP contribution in [0.25, 0.3) is 0 Å². The molecule has 4 N–H and O–H groups in total. The molecular weight excluding hydrogens is 301 g/mol. The Morgan fingerprint density at radius 3 is 2.35 bits per heavy atom. The van der Waals surface area contributed by atoms with Crippen LogP contribution < -0.4 is 16.4 Å². The third kappa shape index (κ3) is 3.55. The predicted octanol–water partition coefficient (Wildman–Crippen LogP) is 1.97. The molecular formula is C13H15Cl2N3O2. The lowest BCUT2D eigenvalue weighted by Crippen LogP contribution is -2.45. The van der Waals surface area contributed by atoms with E-state index >= 15 is 0 Å². The molecule has 2 rings (SSSR count). The normalized spacial score (nSPS) is 15.6. The van der Waals surface area contributed by atoms with Gasteiger partial charge in [0.1, 0.15) is 6.04 Å². The Kier molecular flexibility index (Phi) is 4.40. The lowest BCUT2D eigenvalue weighted by molar-refractivity contribution is -0.122. The Bertz CT molecular complexity index is 536. The number of anilines is 1. The molecule has 108 valence electrons. The summed E-state index contributed by atoms with van der Waals surface area (Å²) in [5, 5.41) is 5.82. The summed E-state index contributed by atoms with van der Waals surface area (Å²) in [4.78, 5) is 23.8.